The molecule has 1 atom stereocenters. The van der Waals surface area contributed by atoms with Crippen LogP contribution in [0.4, 0.5) is 0 Å². The summed E-state index contributed by atoms with van der Waals surface area (Å²) in [6.07, 6.45) is 0. The Morgan fingerprint density at radius 2 is 1.70 bits per heavy atom. The van der Waals surface area contributed by atoms with Crippen molar-refractivity contribution in [1.82, 2.24) is 9.62 Å². The molecule has 1 aliphatic heterocycles. The summed E-state index contributed by atoms with van der Waals surface area (Å²) >= 11 is 0. The fraction of sp³-hybridized carbons (Fsp3) is 0.350. The molecule has 1 unspecified atom stereocenters. The number of Topliss-reactive ketones (excluding diaryl/α,β-unsaturated/α-hetero) is 1. The standard InChI is InChI=1S/C20H24N2O4S/c1-16(23)17-7-9-19(10-8-17)27(24,25)21-15-20(18-5-3-2-4-6-18)22-11-13-26-14-12-22/h2-10,20-21H,11-15H2,1H3. The van der Waals surface area contributed by atoms with Crippen LogP contribution in [0.1, 0.15) is 28.9 Å². The van der Waals surface area contributed by atoms with Crippen LogP contribution in [0.2, 0.25) is 0 Å². The van der Waals surface area contributed by atoms with Gasteiger partial charge in [0.1, 0.15) is 0 Å². The number of hydrogen-bond donors (Lipinski definition) is 1. The lowest BCUT2D eigenvalue weighted by Crippen LogP contribution is -2.43. The van der Waals surface area contributed by atoms with E-state index in [1.54, 1.807) is 0 Å². The molecule has 0 aliphatic carbocycles. The third-order valence-electron chi connectivity index (χ3n) is 4.71. The first-order valence-corrected chi connectivity index (χ1v) is 10.4. The zero-order valence-electron chi connectivity index (χ0n) is 15.3. The van der Waals surface area contributed by atoms with Crippen molar-refractivity contribution in [3.05, 3.63) is 65.7 Å². The minimum Gasteiger partial charge on any atom is -0.379 e. The molecular weight excluding hydrogens is 364 g/mol. The van der Waals surface area contributed by atoms with Crippen molar-refractivity contribution >= 4 is 15.8 Å². The van der Waals surface area contributed by atoms with E-state index >= 15 is 0 Å². The summed E-state index contributed by atoms with van der Waals surface area (Å²) in [4.78, 5) is 13.8. The summed E-state index contributed by atoms with van der Waals surface area (Å²) in [6.45, 7) is 4.52. The highest BCUT2D eigenvalue weighted by molar-refractivity contribution is 7.89. The molecule has 1 heterocycles. The summed E-state index contributed by atoms with van der Waals surface area (Å²) < 4.78 is 33.5. The molecule has 2 aromatic carbocycles. The molecule has 7 heteroatoms. The summed E-state index contributed by atoms with van der Waals surface area (Å²) in [5.41, 5.74) is 1.55. The van der Waals surface area contributed by atoms with Gasteiger partial charge in [-0.15, -0.1) is 0 Å². The largest absolute Gasteiger partial charge is 0.379 e. The Labute approximate surface area is 160 Å². The number of carbonyl (C=O) groups is 1. The molecule has 27 heavy (non-hydrogen) atoms. The highest BCUT2D eigenvalue weighted by Gasteiger charge is 2.25. The van der Waals surface area contributed by atoms with Crippen LogP contribution in [0.3, 0.4) is 0 Å². The molecule has 2 aromatic rings. The van der Waals surface area contributed by atoms with Gasteiger partial charge in [-0.3, -0.25) is 9.69 Å². The first-order valence-electron chi connectivity index (χ1n) is 8.95. The zero-order chi connectivity index (χ0) is 19.3. The van der Waals surface area contributed by atoms with Crippen LogP contribution in [0.15, 0.2) is 59.5 Å². The van der Waals surface area contributed by atoms with Gasteiger partial charge in [0.2, 0.25) is 10.0 Å². The topological polar surface area (TPSA) is 75.7 Å². The van der Waals surface area contributed by atoms with Gasteiger partial charge in [0.25, 0.3) is 0 Å². The normalized spacial score (nSPS) is 16.8. The molecule has 1 fully saturated rings. The van der Waals surface area contributed by atoms with Gasteiger partial charge in [0.15, 0.2) is 5.78 Å². The Bertz CT molecular complexity index is 861. The van der Waals surface area contributed by atoms with Gasteiger partial charge in [-0.05, 0) is 24.6 Å². The zero-order valence-corrected chi connectivity index (χ0v) is 16.1. The number of ketones is 1. The van der Waals surface area contributed by atoms with Gasteiger partial charge >= 0.3 is 0 Å². The third-order valence-corrected chi connectivity index (χ3v) is 6.15. The van der Waals surface area contributed by atoms with Crippen molar-refractivity contribution in [3.63, 3.8) is 0 Å². The van der Waals surface area contributed by atoms with Gasteiger partial charge in [0, 0.05) is 31.2 Å². The average molecular weight is 388 g/mol. The summed E-state index contributed by atoms with van der Waals surface area (Å²) in [5.74, 6) is -0.0941. The minimum absolute atomic E-state index is 0.0682. The number of sulfonamides is 1. The average Bonchev–Trinajstić information content (AvgIpc) is 2.70. The van der Waals surface area contributed by atoms with Crippen molar-refractivity contribution in [1.29, 1.82) is 0 Å². The van der Waals surface area contributed by atoms with Gasteiger partial charge in [0.05, 0.1) is 18.1 Å². The maximum atomic E-state index is 12.7. The number of ether oxygens (including phenoxy) is 1. The molecule has 0 spiro atoms. The van der Waals surface area contributed by atoms with E-state index in [4.69, 9.17) is 4.74 Å². The van der Waals surface area contributed by atoms with Crippen LogP contribution in [-0.4, -0.2) is 51.9 Å². The second-order valence-electron chi connectivity index (χ2n) is 6.51. The molecule has 144 valence electrons. The van der Waals surface area contributed by atoms with Crippen molar-refractivity contribution in [2.24, 2.45) is 0 Å². The second kappa shape index (κ2) is 8.75. The van der Waals surface area contributed by atoms with E-state index in [0.717, 1.165) is 18.7 Å². The Balaban J connectivity index is 1.76. The molecule has 1 saturated heterocycles. The first kappa shape index (κ1) is 19.7. The highest BCUT2D eigenvalue weighted by atomic mass is 32.2. The number of morpholine rings is 1. The molecule has 1 aliphatic rings. The van der Waals surface area contributed by atoms with E-state index in [9.17, 15) is 13.2 Å². The predicted molar refractivity (Wildman–Crippen MR) is 103 cm³/mol. The smallest absolute Gasteiger partial charge is 0.240 e. The van der Waals surface area contributed by atoms with Crippen LogP contribution in [0.25, 0.3) is 0 Å². The number of carbonyl (C=O) groups excluding carboxylic acids is 1. The molecule has 6 nitrogen and oxygen atoms in total. The van der Waals surface area contributed by atoms with E-state index in [1.165, 1.54) is 31.2 Å². The Morgan fingerprint density at radius 1 is 1.07 bits per heavy atom. The summed E-state index contributed by atoms with van der Waals surface area (Å²) in [5, 5.41) is 0. The number of hydrogen-bond acceptors (Lipinski definition) is 5. The van der Waals surface area contributed by atoms with Gasteiger partial charge in [-0.1, -0.05) is 42.5 Å². The van der Waals surface area contributed by atoms with Crippen molar-refractivity contribution in [2.45, 2.75) is 17.9 Å². The van der Waals surface area contributed by atoms with Crippen molar-refractivity contribution < 1.29 is 17.9 Å². The maximum Gasteiger partial charge on any atom is 0.240 e. The van der Waals surface area contributed by atoms with E-state index in [-0.39, 0.29) is 23.3 Å². The first-order chi connectivity index (χ1) is 13.0. The fourth-order valence-electron chi connectivity index (χ4n) is 3.16. The van der Waals surface area contributed by atoms with Crippen LogP contribution in [0, 0.1) is 0 Å². The number of rotatable bonds is 7. The molecule has 1 N–H and O–H groups in total. The number of nitrogens with one attached hydrogen (secondary N) is 1. The number of nitrogens with zero attached hydrogens (tertiary/aromatic N) is 1. The SMILES string of the molecule is CC(=O)c1ccc(S(=O)(=O)NCC(c2ccccc2)N2CCOCC2)cc1. The monoisotopic (exact) mass is 388 g/mol. The Kier molecular flexibility index (Phi) is 6.38. The summed E-state index contributed by atoms with van der Waals surface area (Å²) in [7, 11) is -3.66. The fourth-order valence-corrected chi connectivity index (χ4v) is 4.20. The van der Waals surface area contributed by atoms with Gasteiger partial charge < -0.3 is 4.74 Å². The highest BCUT2D eigenvalue weighted by Crippen LogP contribution is 2.22. The van der Waals surface area contributed by atoms with Crippen LogP contribution in [0.5, 0.6) is 0 Å². The lowest BCUT2D eigenvalue weighted by molar-refractivity contribution is 0.0172. The second-order valence-corrected chi connectivity index (χ2v) is 8.27. The van der Waals surface area contributed by atoms with Crippen LogP contribution < -0.4 is 4.72 Å². The Hall–Kier alpha value is -2.06. The van der Waals surface area contributed by atoms with E-state index < -0.39 is 10.0 Å². The lowest BCUT2D eigenvalue weighted by Gasteiger charge is -2.34. The molecule has 0 bridgehead atoms. The van der Waals surface area contributed by atoms with E-state index in [1.807, 2.05) is 30.3 Å². The molecule has 0 aromatic heterocycles. The molecular formula is C20H24N2O4S. The summed E-state index contributed by atoms with van der Waals surface area (Å²) in [6, 6.07) is 15.8. The molecule has 3 rings (SSSR count). The lowest BCUT2D eigenvalue weighted by atomic mass is 10.1. The predicted octanol–water partition coefficient (Wildman–Crippen LogP) is 2.24. The third kappa shape index (κ3) is 5.01. The minimum atomic E-state index is -3.66. The van der Waals surface area contributed by atoms with Crippen molar-refractivity contribution in [2.75, 3.05) is 32.8 Å². The van der Waals surface area contributed by atoms with Gasteiger partial charge in [-0.2, -0.15) is 0 Å². The van der Waals surface area contributed by atoms with Gasteiger partial charge in [-0.25, -0.2) is 13.1 Å². The van der Waals surface area contributed by atoms with Crippen LogP contribution in [-0.2, 0) is 14.8 Å². The van der Waals surface area contributed by atoms with E-state index in [0.29, 0.717) is 18.8 Å². The van der Waals surface area contributed by atoms with Crippen LogP contribution >= 0.6 is 0 Å². The molecule has 0 radical (unpaired) electrons. The maximum absolute atomic E-state index is 12.7. The Morgan fingerprint density at radius 3 is 2.30 bits per heavy atom. The quantitative estimate of drug-likeness (QED) is 0.736. The molecule has 0 saturated carbocycles. The van der Waals surface area contributed by atoms with Crippen molar-refractivity contribution in [3.8, 4) is 0 Å². The van der Waals surface area contributed by atoms with E-state index in [2.05, 4.69) is 9.62 Å². The number of benzene rings is 2. The molecule has 0 amide bonds.